The number of hydrogen-bond donors (Lipinski definition) is 0. The lowest BCUT2D eigenvalue weighted by molar-refractivity contribution is 0.0371. The highest BCUT2D eigenvalue weighted by Gasteiger charge is 2.32. The predicted octanol–water partition coefficient (Wildman–Crippen LogP) is 1.31. The molecular weight excluding hydrogens is 304 g/mol. The van der Waals surface area contributed by atoms with Gasteiger partial charge in [-0.15, -0.1) is 0 Å². The Bertz CT molecular complexity index is 845. The maximum Gasteiger partial charge on any atom is 0.270 e. The zero-order chi connectivity index (χ0) is 16.7. The first-order valence-corrected chi connectivity index (χ1v) is 8.65. The van der Waals surface area contributed by atoms with Crippen LogP contribution >= 0.6 is 0 Å². The van der Waals surface area contributed by atoms with Crippen molar-refractivity contribution in [3.8, 4) is 0 Å². The molecule has 0 aliphatic carbocycles. The van der Waals surface area contributed by atoms with E-state index in [0.29, 0.717) is 18.2 Å². The van der Waals surface area contributed by atoms with Gasteiger partial charge in [0.15, 0.2) is 0 Å². The fourth-order valence-corrected chi connectivity index (χ4v) is 3.84. The molecule has 6 nitrogen and oxygen atoms in total. The van der Waals surface area contributed by atoms with Crippen molar-refractivity contribution in [1.29, 1.82) is 0 Å². The van der Waals surface area contributed by atoms with E-state index in [0.717, 1.165) is 31.6 Å². The Kier molecular flexibility index (Phi) is 3.84. The van der Waals surface area contributed by atoms with Gasteiger partial charge >= 0.3 is 0 Å². The predicted molar refractivity (Wildman–Crippen MR) is 91.3 cm³/mol. The van der Waals surface area contributed by atoms with Gasteiger partial charge in [-0.1, -0.05) is 12.5 Å². The first kappa shape index (κ1) is 15.3. The van der Waals surface area contributed by atoms with Crippen LogP contribution in [-0.4, -0.2) is 57.3 Å². The van der Waals surface area contributed by atoms with Crippen LogP contribution in [0.3, 0.4) is 0 Å². The van der Waals surface area contributed by atoms with Crippen LogP contribution in [0.1, 0.15) is 35.2 Å². The molecule has 2 saturated heterocycles. The van der Waals surface area contributed by atoms with Gasteiger partial charge in [-0.2, -0.15) is 0 Å². The number of aryl methyl sites for hydroxylation is 1. The Morgan fingerprint density at radius 1 is 1.21 bits per heavy atom. The number of amides is 1. The van der Waals surface area contributed by atoms with Crippen molar-refractivity contribution in [2.75, 3.05) is 26.2 Å². The van der Waals surface area contributed by atoms with E-state index in [1.54, 1.807) is 12.3 Å². The standard InChI is InChI=1S/C18H22N4O2/c1-13-5-6-16-19-10-15(18(24)22(16)11-13)17(23)21-9-8-20-7-3-2-4-14(20)12-21/h5-6,10-11,14H,2-4,7-9,12H2,1H3/t14-/m0/s1. The van der Waals surface area contributed by atoms with Gasteiger partial charge in [0.25, 0.3) is 11.5 Å². The largest absolute Gasteiger partial charge is 0.336 e. The lowest BCUT2D eigenvalue weighted by Gasteiger charge is -2.43. The Hall–Kier alpha value is -2.21. The van der Waals surface area contributed by atoms with E-state index < -0.39 is 0 Å². The van der Waals surface area contributed by atoms with E-state index in [2.05, 4.69) is 9.88 Å². The summed E-state index contributed by atoms with van der Waals surface area (Å²) in [5, 5.41) is 0. The highest BCUT2D eigenvalue weighted by molar-refractivity contribution is 5.93. The summed E-state index contributed by atoms with van der Waals surface area (Å²) in [7, 11) is 0. The van der Waals surface area contributed by atoms with Crippen molar-refractivity contribution in [3.05, 3.63) is 46.0 Å². The quantitative estimate of drug-likeness (QED) is 0.793. The number of rotatable bonds is 1. The molecule has 1 amide bonds. The number of nitrogens with zero attached hydrogens (tertiary/aromatic N) is 4. The number of pyridine rings is 1. The molecule has 0 N–H and O–H groups in total. The smallest absolute Gasteiger partial charge is 0.270 e. The summed E-state index contributed by atoms with van der Waals surface area (Å²) >= 11 is 0. The molecule has 2 aromatic heterocycles. The molecule has 2 aliphatic heterocycles. The van der Waals surface area contributed by atoms with E-state index >= 15 is 0 Å². The highest BCUT2D eigenvalue weighted by Crippen LogP contribution is 2.21. The van der Waals surface area contributed by atoms with Crippen molar-refractivity contribution in [2.45, 2.75) is 32.2 Å². The van der Waals surface area contributed by atoms with Crippen LogP contribution in [0.4, 0.5) is 0 Å². The van der Waals surface area contributed by atoms with Crippen LogP contribution in [0, 0.1) is 6.92 Å². The highest BCUT2D eigenvalue weighted by atomic mass is 16.2. The molecule has 0 unspecified atom stereocenters. The fraction of sp³-hybridized carbons (Fsp3) is 0.500. The summed E-state index contributed by atoms with van der Waals surface area (Å²) in [6.45, 7) is 5.35. The van der Waals surface area contributed by atoms with Crippen LogP contribution in [0.15, 0.2) is 29.3 Å². The maximum absolute atomic E-state index is 12.9. The molecule has 4 rings (SSSR count). The third-order valence-electron chi connectivity index (χ3n) is 5.20. The molecule has 0 aromatic carbocycles. The van der Waals surface area contributed by atoms with Gasteiger partial charge in [-0.25, -0.2) is 4.98 Å². The molecular formula is C18H22N4O2. The molecule has 0 radical (unpaired) electrons. The van der Waals surface area contributed by atoms with Crippen LogP contribution in [0.5, 0.6) is 0 Å². The van der Waals surface area contributed by atoms with Gasteiger partial charge in [-0.05, 0) is 37.9 Å². The van der Waals surface area contributed by atoms with Crippen LogP contribution < -0.4 is 5.56 Å². The summed E-state index contributed by atoms with van der Waals surface area (Å²) in [6, 6.07) is 4.15. The summed E-state index contributed by atoms with van der Waals surface area (Å²) in [5.41, 5.74) is 1.42. The van der Waals surface area contributed by atoms with E-state index in [9.17, 15) is 9.59 Å². The topological polar surface area (TPSA) is 57.9 Å². The molecule has 4 heterocycles. The minimum Gasteiger partial charge on any atom is -0.336 e. The Labute approximate surface area is 140 Å². The second-order valence-corrected chi connectivity index (χ2v) is 6.85. The van der Waals surface area contributed by atoms with Gasteiger partial charge in [0.2, 0.25) is 0 Å². The van der Waals surface area contributed by atoms with Crippen LogP contribution in [-0.2, 0) is 0 Å². The molecule has 6 heteroatoms. The van der Waals surface area contributed by atoms with Crippen molar-refractivity contribution in [1.82, 2.24) is 19.2 Å². The average molecular weight is 326 g/mol. The normalized spacial score (nSPS) is 21.7. The van der Waals surface area contributed by atoms with Crippen molar-refractivity contribution in [3.63, 3.8) is 0 Å². The summed E-state index contributed by atoms with van der Waals surface area (Å²) in [4.78, 5) is 34.2. The van der Waals surface area contributed by atoms with E-state index in [1.165, 1.54) is 23.4 Å². The van der Waals surface area contributed by atoms with Crippen LogP contribution in [0.25, 0.3) is 5.65 Å². The summed E-state index contributed by atoms with van der Waals surface area (Å²) < 4.78 is 1.47. The monoisotopic (exact) mass is 326 g/mol. The number of aromatic nitrogens is 2. The fourth-order valence-electron chi connectivity index (χ4n) is 3.84. The molecule has 2 aliphatic rings. The lowest BCUT2D eigenvalue weighted by Crippen LogP contribution is -2.56. The minimum absolute atomic E-state index is 0.169. The Morgan fingerprint density at radius 2 is 2.08 bits per heavy atom. The first-order valence-electron chi connectivity index (χ1n) is 8.65. The van der Waals surface area contributed by atoms with E-state index in [1.807, 2.05) is 17.9 Å². The number of piperazine rings is 1. The van der Waals surface area contributed by atoms with Crippen molar-refractivity contribution in [2.24, 2.45) is 0 Å². The number of carbonyl (C=O) groups excluding carboxylic acids is 1. The Morgan fingerprint density at radius 3 is 2.96 bits per heavy atom. The molecule has 2 fully saturated rings. The van der Waals surface area contributed by atoms with Crippen LogP contribution in [0.2, 0.25) is 0 Å². The summed E-state index contributed by atoms with van der Waals surface area (Å²) in [5.74, 6) is -0.186. The minimum atomic E-state index is -0.278. The third kappa shape index (κ3) is 2.60. The molecule has 0 bridgehead atoms. The maximum atomic E-state index is 12.9. The molecule has 2 aromatic rings. The average Bonchev–Trinajstić information content (AvgIpc) is 2.61. The lowest BCUT2D eigenvalue weighted by atomic mass is 9.99. The SMILES string of the molecule is Cc1ccc2ncc(C(=O)N3CCN4CCCC[C@H]4C3)c(=O)n2c1. The van der Waals surface area contributed by atoms with Gasteiger partial charge in [0.1, 0.15) is 11.2 Å². The number of piperidine rings is 1. The molecule has 1 atom stereocenters. The second kappa shape index (κ2) is 6.02. The number of fused-ring (bicyclic) bond motifs is 2. The van der Waals surface area contributed by atoms with Gasteiger partial charge in [-0.3, -0.25) is 18.9 Å². The number of hydrogen-bond acceptors (Lipinski definition) is 4. The Balaban J connectivity index is 1.63. The first-order chi connectivity index (χ1) is 11.6. The number of carbonyl (C=O) groups is 1. The van der Waals surface area contributed by atoms with Gasteiger partial charge < -0.3 is 4.90 Å². The third-order valence-corrected chi connectivity index (χ3v) is 5.20. The second-order valence-electron chi connectivity index (χ2n) is 6.85. The van der Waals surface area contributed by atoms with Gasteiger partial charge in [0, 0.05) is 38.1 Å². The molecule has 24 heavy (non-hydrogen) atoms. The zero-order valence-corrected chi connectivity index (χ0v) is 13.9. The summed E-state index contributed by atoms with van der Waals surface area (Å²) in [6.07, 6.45) is 6.78. The van der Waals surface area contributed by atoms with E-state index in [-0.39, 0.29) is 17.0 Å². The molecule has 0 spiro atoms. The zero-order valence-electron chi connectivity index (χ0n) is 13.9. The molecule has 0 saturated carbocycles. The van der Waals surface area contributed by atoms with Crippen molar-refractivity contribution < 1.29 is 4.79 Å². The van der Waals surface area contributed by atoms with Crippen molar-refractivity contribution >= 4 is 11.6 Å². The molecule has 126 valence electrons. The van der Waals surface area contributed by atoms with Gasteiger partial charge in [0.05, 0.1) is 0 Å². The van der Waals surface area contributed by atoms with E-state index in [4.69, 9.17) is 0 Å².